The normalized spacial score (nSPS) is 10.7. The van der Waals surface area contributed by atoms with Gasteiger partial charge in [0.25, 0.3) is 0 Å². The number of nitro groups is 1. The molecule has 0 bridgehead atoms. The van der Waals surface area contributed by atoms with Gasteiger partial charge < -0.3 is 5.32 Å². The Balaban J connectivity index is 1.98. The highest BCUT2D eigenvalue weighted by Gasteiger charge is 2.07. The van der Waals surface area contributed by atoms with E-state index in [-0.39, 0.29) is 10.9 Å². The third-order valence-electron chi connectivity index (χ3n) is 2.30. The van der Waals surface area contributed by atoms with Crippen LogP contribution in [0.2, 0.25) is 0 Å². The molecule has 102 valence electrons. The number of rotatable bonds is 4. The van der Waals surface area contributed by atoms with Gasteiger partial charge in [0, 0.05) is 27.2 Å². The molecule has 0 aliphatic carbocycles. The van der Waals surface area contributed by atoms with Crippen molar-refractivity contribution in [3.8, 4) is 0 Å². The minimum absolute atomic E-state index is 0.0537. The van der Waals surface area contributed by atoms with E-state index in [2.05, 4.69) is 21.2 Å². The molecule has 1 N–H and O–H groups in total. The first-order valence-electron chi connectivity index (χ1n) is 5.53. The van der Waals surface area contributed by atoms with E-state index in [9.17, 15) is 14.9 Å². The molecule has 0 aliphatic heterocycles. The van der Waals surface area contributed by atoms with Crippen LogP contribution in [-0.4, -0.2) is 10.8 Å². The highest BCUT2D eigenvalue weighted by atomic mass is 79.9. The number of carbonyl (C=O) groups excluding carboxylic acids is 1. The molecule has 1 amide bonds. The standard InChI is InChI=1S/C13H9BrN2O3S/c14-9-1-3-10(4-2-9)15-12(17)7-5-11-6-8-13(20-11)16(18)19/h1-8H,(H,15,17). The third kappa shape index (κ3) is 4.01. The molecule has 5 nitrogen and oxygen atoms in total. The molecule has 1 heterocycles. The van der Waals surface area contributed by atoms with Gasteiger partial charge in [-0.25, -0.2) is 0 Å². The van der Waals surface area contributed by atoms with Crippen molar-refractivity contribution in [3.05, 3.63) is 61.9 Å². The average molecular weight is 353 g/mol. The van der Waals surface area contributed by atoms with E-state index < -0.39 is 4.92 Å². The molecule has 0 atom stereocenters. The number of benzene rings is 1. The molecular weight excluding hydrogens is 344 g/mol. The molecule has 2 rings (SSSR count). The van der Waals surface area contributed by atoms with Crippen LogP contribution in [0.15, 0.2) is 46.9 Å². The maximum atomic E-state index is 11.7. The molecule has 1 aromatic heterocycles. The second kappa shape index (κ2) is 6.44. The molecule has 0 saturated carbocycles. The third-order valence-corrected chi connectivity index (χ3v) is 3.83. The summed E-state index contributed by atoms with van der Waals surface area (Å²) in [4.78, 5) is 22.4. The number of amides is 1. The van der Waals surface area contributed by atoms with Crippen LogP contribution >= 0.6 is 27.3 Å². The van der Waals surface area contributed by atoms with Crippen LogP contribution in [0.4, 0.5) is 10.7 Å². The lowest BCUT2D eigenvalue weighted by molar-refractivity contribution is -0.380. The Morgan fingerprint density at radius 3 is 2.55 bits per heavy atom. The number of halogens is 1. The van der Waals surface area contributed by atoms with E-state index in [0.29, 0.717) is 10.6 Å². The van der Waals surface area contributed by atoms with Crippen molar-refractivity contribution in [2.24, 2.45) is 0 Å². The number of anilines is 1. The predicted molar refractivity (Wildman–Crippen MR) is 82.8 cm³/mol. The minimum Gasteiger partial charge on any atom is -0.323 e. The number of thiophene rings is 1. The molecule has 7 heteroatoms. The second-order valence-electron chi connectivity index (χ2n) is 3.76. The summed E-state index contributed by atoms with van der Waals surface area (Å²) in [7, 11) is 0. The van der Waals surface area contributed by atoms with E-state index in [4.69, 9.17) is 0 Å². The van der Waals surface area contributed by atoms with Gasteiger partial charge in [0.1, 0.15) is 0 Å². The molecule has 20 heavy (non-hydrogen) atoms. The topological polar surface area (TPSA) is 72.2 Å². The Morgan fingerprint density at radius 1 is 1.25 bits per heavy atom. The van der Waals surface area contributed by atoms with Crippen LogP contribution in [0.1, 0.15) is 4.88 Å². The minimum atomic E-state index is -0.454. The van der Waals surface area contributed by atoms with Gasteiger partial charge in [-0.05, 0) is 36.4 Å². The number of carbonyl (C=O) groups is 1. The van der Waals surface area contributed by atoms with Crippen molar-refractivity contribution >= 4 is 49.9 Å². The van der Waals surface area contributed by atoms with Gasteiger partial charge in [0.15, 0.2) is 0 Å². The summed E-state index contributed by atoms with van der Waals surface area (Å²) in [6.45, 7) is 0. The summed E-state index contributed by atoms with van der Waals surface area (Å²) >= 11 is 4.33. The molecule has 0 aliphatic rings. The monoisotopic (exact) mass is 352 g/mol. The lowest BCUT2D eigenvalue weighted by atomic mass is 10.3. The summed E-state index contributed by atoms with van der Waals surface area (Å²) in [5.41, 5.74) is 0.681. The van der Waals surface area contributed by atoms with Crippen LogP contribution in [0.25, 0.3) is 6.08 Å². The lowest BCUT2D eigenvalue weighted by Gasteiger charge is -2.01. The fraction of sp³-hybridized carbons (Fsp3) is 0. The van der Waals surface area contributed by atoms with Gasteiger partial charge in [0.05, 0.1) is 4.92 Å². The lowest BCUT2D eigenvalue weighted by Crippen LogP contribution is -2.07. The summed E-state index contributed by atoms with van der Waals surface area (Å²) in [6.07, 6.45) is 2.89. The second-order valence-corrected chi connectivity index (χ2v) is 5.77. The van der Waals surface area contributed by atoms with Crippen molar-refractivity contribution < 1.29 is 9.72 Å². The van der Waals surface area contributed by atoms with E-state index in [0.717, 1.165) is 15.8 Å². The fourth-order valence-electron chi connectivity index (χ4n) is 1.40. The fourth-order valence-corrected chi connectivity index (χ4v) is 2.39. The van der Waals surface area contributed by atoms with Gasteiger partial charge in [0.2, 0.25) is 5.91 Å². The maximum Gasteiger partial charge on any atom is 0.324 e. The van der Waals surface area contributed by atoms with Gasteiger partial charge >= 0.3 is 5.00 Å². The van der Waals surface area contributed by atoms with Crippen molar-refractivity contribution in [1.82, 2.24) is 0 Å². The van der Waals surface area contributed by atoms with Gasteiger partial charge in [-0.1, -0.05) is 27.3 Å². The summed E-state index contributed by atoms with van der Waals surface area (Å²) in [5.74, 6) is -0.289. The van der Waals surface area contributed by atoms with E-state index in [1.807, 2.05) is 12.1 Å². The van der Waals surface area contributed by atoms with Gasteiger partial charge in [-0.2, -0.15) is 0 Å². The predicted octanol–water partition coefficient (Wildman–Crippen LogP) is 4.07. The van der Waals surface area contributed by atoms with E-state index in [1.54, 1.807) is 24.3 Å². The number of hydrogen-bond donors (Lipinski definition) is 1. The Labute approximate surface area is 127 Å². The van der Waals surface area contributed by atoms with Crippen LogP contribution in [0.3, 0.4) is 0 Å². The molecule has 0 saturated heterocycles. The van der Waals surface area contributed by atoms with Crippen molar-refractivity contribution in [2.45, 2.75) is 0 Å². The Morgan fingerprint density at radius 2 is 1.95 bits per heavy atom. The van der Waals surface area contributed by atoms with Gasteiger partial charge in [-0.3, -0.25) is 14.9 Å². The van der Waals surface area contributed by atoms with Crippen molar-refractivity contribution in [1.29, 1.82) is 0 Å². The zero-order chi connectivity index (χ0) is 14.5. The SMILES string of the molecule is O=C(C=Cc1ccc([N+](=O)[O-])s1)Nc1ccc(Br)cc1. The average Bonchev–Trinajstić information content (AvgIpc) is 2.88. The van der Waals surface area contributed by atoms with Crippen LogP contribution < -0.4 is 5.32 Å². The highest BCUT2D eigenvalue weighted by Crippen LogP contribution is 2.24. The summed E-state index contributed by atoms with van der Waals surface area (Å²) < 4.78 is 0.928. The molecule has 0 spiro atoms. The number of nitrogens with one attached hydrogen (secondary N) is 1. The van der Waals surface area contributed by atoms with E-state index in [1.165, 1.54) is 12.1 Å². The Kier molecular flexibility index (Phi) is 4.65. The van der Waals surface area contributed by atoms with Crippen LogP contribution in [0, 0.1) is 10.1 Å². The molecular formula is C13H9BrN2O3S. The first-order chi connectivity index (χ1) is 9.54. The first-order valence-corrected chi connectivity index (χ1v) is 7.14. The van der Waals surface area contributed by atoms with Crippen LogP contribution in [0.5, 0.6) is 0 Å². The number of hydrogen-bond acceptors (Lipinski definition) is 4. The van der Waals surface area contributed by atoms with Crippen molar-refractivity contribution in [3.63, 3.8) is 0 Å². The highest BCUT2D eigenvalue weighted by molar-refractivity contribution is 9.10. The zero-order valence-corrected chi connectivity index (χ0v) is 12.5. The molecule has 0 radical (unpaired) electrons. The molecule has 0 unspecified atom stereocenters. The quantitative estimate of drug-likeness (QED) is 0.512. The smallest absolute Gasteiger partial charge is 0.323 e. The van der Waals surface area contributed by atoms with E-state index >= 15 is 0 Å². The van der Waals surface area contributed by atoms with Crippen LogP contribution in [-0.2, 0) is 4.79 Å². The molecule has 0 fully saturated rings. The first kappa shape index (κ1) is 14.4. The maximum absolute atomic E-state index is 11.7. The zero-order valence-electron chi connectivity index (χ0n) is 10.1. The van der Waals surface area contributed by atoms with Gasteiger partial charge in [-0.15, -0.1) is 0 Å². The summed E-state index contributed by atoms with van der Waals surface area (Å²) in [5, 5.41) is 13.3. The number of nitrogens with zero attached hydrogens (tertiary/aromatic N) is 1. The molecule has 1 aromatic carbocycles. The largest absolute Gasteiger partial charge is 0.324 e. The Bertz CT molecular complexity index is 665. The summed E-state index contributed by atoms with van der Waals surface area (Å²) in [6, 6.07) is 10.2. The Hall–Kier alpha value is -1.99. The van der Waals surface area contributed by atoms with Crippen molar-refractivity contribution in [2.75, 3.05) is 5.32 Å². The molecule has 2 aromatic rings.